The summed E-state index contributed by atoms with van der Waals surface area (Å²) in [5, 5.41) is 17.8. The van der Waals surface area contributed by atoms with Gasteiger partial charge in [-0.1, -0.05) is 36.4 Å². The minimum atomic E-state index is -1.42. The molecule has 0 aliphatic carbocycles. The number of carboxylic acid groups (broad SMARTS) is 2. The van der Waals surface area contributed by atoms with Crippen LogP contribution in [0.25, 0.3) is 0 Å². The van der Waals surface area contributed by atoms with E-state index in [1.807, 2.05) is 0 Å². The Morgan fingerprint density at radius 3 is 1.00 bits per heavy atom. The fourth-order valence-electron chi connectivity index (χ4n) is 0. The molecule has 2 radical (unpaired) electrons. The molecule has 7 heteroatoms. The molecule has 0 unspecified atom stereocenters. The van der Waals surface area contributed by atoms with Gasteiger partial charge in [-0.15, -0.1) is 0 Å². The fourth-order valence-corrected chi connectivity index (χ4v) is 0. The smallest absolute Gasteiger partial charge is 0.544 e. The van der Waals surface area contributed by atoms with Crippen molar-refractivity contribution in [1.82, 2.24) is 0 Å². The van der Waals surface area contributed by atoms with Crippen LogP contribution in [0.2, 0.25) is 0 Å². The molecule has 0 spiro atoms. The minimum absolute atomic E-state index is 0. The Hall–Kier alpha value is -0.0779. The molecule has 0 atom stereocenters. The van der Waals surface area contributed by atoms with Gasteiger partial charge in [-0.25, -0.2) is 0 Å². The first-order chi connectivity index (χ1) is 5.29. The third-order valence-electron chi connectivity index (χ3n) is 0.443. The van der Waals surface area contributed by atoms with E-state index in [-0.39, 0.29) is 27.3 Å². The summed E-state index contributed by atoms with van der Waals surface area (Å²) < 4.78 is 0. The van der Waals surface area contributed by atoms with E-state index in [0.29, 0.717) is 0 Å². The van der Waals surface area contributed by atoms with Crippen LogP contribution < -0.4 is 10.2 Å². The average Bonchev–Trinajstić information content (AvgIpc) is 1.88. The number of hydrogen-bond donors (Lipinski definition) is 0. The largest absolute Gasteiger partial charge is 2.00 e. The Balaban J connectivity index is -0.000000143. The minimum Gasteiger partial charge on any atom is -0.544 e. The molecule has 0 bridgehead atoms. The number of halogens is 2. The Labute approximate surface area is 105 Å². The van der Waals surface area contributed by atoms with Gasteiger partial charge in [-0.05, 0) is 0 Å². The van der Waals surface area contributed by atoms with Crippen LogP contribution in [0.5, 0.6) is 0 Å². The molecule has 0 fully saturated rings. The second-order valence-corrected chi connectivity index (χ2v) is 2.30. The maximum absolute atomic E-state index is 9.36. The molecule has 0 saturated carbocycles. The van der Waals surface area contributed by atoms with Crippen molar-refractivity contribution in [3.8, 4) is 0 Å². The number of aliphatic carboxylic acids is 2. The van der Waals surface area contributed by atoms with Crippen LogP contribution in [-0.4, -0.2) is 39.2 Å². The van der Waals surface area contributed by atoms with Gasteiger partial charge in [0.1, 0.15) is 0 Å². The third-order valence-corrected chi connectivity index (χ3v) is 0.752. The first-order valence-electron chi connectivity index (χ1n) is 2.40. The molecule has 0 aromatic carbocycles. The van der Waals surface area contributed by atoms with Crippen molar-refractivity contribution >= 4 is 62.4 Å². The zero-order valence-corrected chi connectivity index (χ0v) is 11.7. The molecule has 0 aliphatic rings. The molecule has 70 valence electrons. The van der Waals surface area contributed by atoms with Crippen molar-refractivity contribution in [2.24, 2.45) is 0 Å². The van der Waals surface area contributed by atoms with E-state index in [4.69, 9.17) is 23.2 Å². The van der Waals surface area contributed by atoms with Gasteiger partial charge in [0.15, 0.2) is 0 Å². The van der Waals surface area contributed by atoms with Crippen molar-refractivity contribution in [2.45, 2.75) is 0 Å². The van der Waals surface area contributed by atoms with Gasteiger partial charge in [0.25, 0.3) is 0 Å². The quantitative estimate of drug-likeness (QED) is 0.408. The molecular weight excluding hydrogens is 414 g/mol. The van der Waals surface area contributed by atoms with E-state index in [2.05, 4.69) is 13.2 Å². The summed E-state index contributed by atoms with van der Waals surface area (Å²) in [5.74, 6) is -2.84. The molecular formula is C6H4Cl2O4Pb. The van der Waals surface area contributed by atoms with E-state index < -0.39 is 22.0 Å². The number of carboxylic acids is 2. The van der Waals surface area contributed by atoms with Gasteiger partial charge < -0.3 is 19.8 Å². The van der Waals surface area contributed by atoms with E-state index in [0.717, 1.165) is 0 Å². The van der Waals surface area contributed by atoms with Crippen molar-refractivity contribution in [1.29, 1.82) is 0 Å². The van der Waals surface area contributed by atoms with Crippen molar-refractivity contribution in [3.05, 3.63) is 23.2 Å². The van der Waals surface area contributed by atoms with Crippen LogP contribution in [0.3, 0.4) is 0 Å². The summed E-state index contributed by atoms with van der Waals surface area (Å²) in [7, 11) is 0. The summed E-state index contributed by atoms with van der Waals surface area (Å²) in [6.45, 7) is 5.72. The van der Waals surface area contributed by atoms with E-state index in [1.54, 1.807) is 0 Å². The van der Waals surface area contributed by atoms with E-state index >= 15 is 0 Å². The van der Waals surface area contributed by atoms with Gasteiger partial charge >= 0.3 is 27.3 Å². The molecule has 0 saturated heterocycles. The molecule has 0 aliphatic heterocycles. The zero-order chi connectivity index (χ0) is 10.3. The predicted molar refractivity (Wildman–Crippen MR) is 45.8 cm³/mol. The van der Waals surface area contributed by atoms with Crippen molar-refractivity contribution < 1.29 is 19.8 Å². The molecule has 0 rings (SSSR count). The van der Waals surface area contributed by atoms with Gasteiger partial charge in [0, 0.05) is 0 Å². The van der Waals surface area contributed by atoms with Gasteiger partial charge in [0.2, 0.25) is 0 Å². The van der Waals surface area contributed by atoms with Crippen LogP contribution in [0.15, 0.2) is 23.2 Å². The topological polar surface area (TPSA) is 80.3 Å². The first-order valence-corrected chi connectivity index (χ1v) is 3.16. The summed E-state index contributed by atoms with van der Waals surface area (Å²) in [4.78, 5) is 18.7. The standard InChI is InChI=1S/2C3H3ClO2.Pb/c2*1-2(4)3(5)6;/h2*1H2,(H,5,6);/q;;+2/p-2. The molecule has 0 amide bonds. The summed E-state index contributed by atoms with van der Waals surface area (Å²) in [6, 6.07) is 0. The number of carbonyl (C=O) groups excluding carboxylic acids is 2. The summed E-state index contributed by atoms with van der Waals surface area (Å²) >= 11 is 9.51. The first kappa shape index (κ1) is 18.7. The molecule has 13 heavy (non-hydrogen) atoms. The number of hydrogen-bond acceptors (Lipinski definition) is 4. The maximum atomic E-state index is 9.36. The second-order valence-electron chi connectivity index (χ2n) is 1.38. The van der Waals surface area contributed by atoms with Gasteiger partial charge in [-0.3, -0.25) is 0 Å². The molecule has 4 nitrogen and oxygen atoms in total. The predicted octanol–water partition coefficient (Wildman–Crippen LogP) is -1.40. The van der Waals surface area contributed by atoms with Gasteiger partial charge in [-0.2, -0.15) is 0 Å². The Bertz CT molecular complexity index is 179. The van der Waals surface area contributed by atoms with E-state index in [1.165, 1.54) is 0 Å². The average molecular weight is 418 g/mol. The van der Waals surface area contributed by atoms with E-state index in [9.17, 15) is 19.8 Å². The fraction of sp³-hybridized carbons (Fsp3) is 0. The maximum Gasteiger partial charge on any atom is 2.00 e. The zero-order valence-electron chi connectivity index (χ0n) is 6.30. The molecule has 0 aromatic heterocycles. The number of carbonyl (C=O) groups is 2. The van der Waals surface area contributed by atoms with Crippen LogP contribution in [0.4, 0.5) is 0 Å². The Kier molecular flexibility index (Phi) is 14.4. The van der Waals surface area contributed by atoms with Crippen LogP contribution in [-0.2, 0) is 9.59 Å². The summed E-state index contributed by atoms with van der Waals surface area (Å²) in [6.07, 6.45) is 0. The van der Waals surface area contributed by atoms with Crippen LogP contribution >= 0.6 is 23.2 Å². The SMILES string of the molecule is C=C(Cl)C(=O)[O-].C=C(Cl)C(=O)[O-].[Pb+2]. The second kappa shape index (κ2) is 10.0. The molecule has 0 aromatic rings. The normalized spacial score (nSPS) is 6.92. The van der Waals surface area contributed by atoms with Crippen LogP contribution in [0, 0.1) is 0 Å². The van der Waals surface area contributed by atoms with Crippen molar-refractivity contribution in [3.63, 3.8) is 0 Å². The Morgan fingerprint density at radius 2 is 1.00 bits per heavy atom. The van der Waals surface area contributed by atoms with Crippen molar-refractivity contribution in [2.75, 3.05) is 0 Å². The summed E-state index contributed by atoms with van der Waals surface area (Å²) in [5.41, 5.74) is 0. The molecule has 0 heterocycles. The van der Waals surface area contributed by atoms with Gasteiger partial charge in [0.05, 0.1) is 22.0 Å². The third kappa shape index (κ3) is 18.7. The van der Waals surface area contributed by atoms with Crippen LogP contribution in [0.1, 0.15) is 0 Å². The monoisotopic (exact) mass is 418 g/mol. The Morgan fingerprint density at radius 1 is 0.923 bits per heavy atom. The number of rotatable bonds is 2. The molecule has 0 N–H and O–H groups in total.